The number of carbonyl (C=O) groups excluding carboxylic acids is 1. The summed E-state index contributed by atoms with van der Waals surface area (Å²) < 4.78 is 11.8. The lowest BCUT2D eigenvalue weighted by Crippen LogP contribution is -2.45. The van der Waals surface area contributed by atoms with E-state index >= 15 is 0 Å². The second-order valence-corrected chi connectivity index (χ2v) is 7.74. The largest absolute Gasteiger partial charge is 0.396 e. The van der Waals surface area contributed by atoms with Gasteiger partial charge in [-0.3, -0.25) is 4.79 Å². The Kier molecular flexibility index (Phi) is 9.18. The third-order valence-corrected chi connectivity index (χ3v) is 6.58. The smallest absolute Gasteiger partial charge is 0.338 e. The monoisotopic (exact) mass is 274 g/mol. The van der Waals surface area contributed by atoms with Gasteiger partial charge in [-0.2, -0.15) is 0 Å². The summed E-state index contributed by atoms with van der Waals surface area (Å²) in [7, 11) is -2.36. The van der Waals surface area contributed by atoms with Crippen LogP contribution in [0.1, 0.15) is 34.1 Å². The van der Waals surface area contributed by atoms with Crippen LogP contribution in [0, 0.1) is 0 Å². The summed E-state index contributed by atoms with van der Waals surface area (Å²) in [5, 5.41) is 8.95. The Labute approximate surface area is 111 Å². The van der Waals surface area contributed by atoms with Crippen molar-refractivity contribution in [3.05, 3.63) is 12.2 Å². The van der Waals surface area contributed by atoms with Crippen molar-refractivity contribution in [3.63, 3.8) is 0 Å². The molecule has 0 aromatic heterocycles. The van der Waals surface area contributed by atoms with Crippen LogP contribution in [-0.4, -0.2) is 38.8 Å². The van der Waals surface area contributed by atoms with Crippen LogP contribution in [0.3, 0.4) is 0 Å². The highest BCUT2D eigenvalue weighted by molar-refractivity contribution is 6.67. The maximum absolute atomic E-state index is 11.7. The molecule has 1 N–H and O–H groups in total. The van der Waals surface area contributed by atoms with Gasteiger partial charge in [0.15, 0.2) is 5.78 Å². The van der Waals surface area contributed by atoms with Crippen molar-refractivity contribution in [1.29, 1.82) is 0 Å². The van der Waals surface area contributed by atoms with Crippen molar-refractivity contribution < 1.29 is 18.8 Å². The van der Waals surface area contributed by atoms with Crippen LogP contribution in [0.2, 0.25) is 12.1 Å². The van der Waals surface area contributed by atoms with E-state index in [0.717, 1.165) is 12.1 Å². The molecule has 4 nitrogen and oxygen atoms in total. The van der Waals surface area contributed by atoms with Gasteiger partial charge in [-0.15, -0.1) is 0 Å². The van der Waals surface area contributed by atoms with Crippen LogP contribution in [0.15, 0.2) is 12.2 Å². The molecule has 0 aliphatic rings. The number of aliphatic hydroxyl groups excluding tert-OH is 1. The van der Waals surface area contributed by atoms with Gasteiger partial charge in [-0.1, -0.05) is 13.0 Å². The summed E-state index contributed by atoms with van der Waals surface area (Å²) in [6.45, 7) is 8.23. The Morgan fingerprint density at radius 2 is 2.11 bits per heavy atom. The van der Waals surface area contributed by atoms with E-state index in [0.29, 0.717) is 13.0 Å². The van der Waals surface area contributed by atoms with Crippen molar-refractivity contribution in [2.45, 2.75) is 52.3 Å². The molecule has 0 saturated carbocycles. The highest BCUT2D eigenvalue weighted by Gasteiger charge is 2.37. The quantitative estimate of drug-likeness (QED) is 0.491. The van der Waals surface area contributed by atoms with Crippen LogP contribution >= 0.6 is 0 Å². The molecular formula is C13H26O4Si. The van der Waals surface area contributed by atoms with Crippen molar-refractivity contribution in [2.75, 3.05) is 13.2 Å². The molecule has 0 fully saturated rings. The molecule has 0 rings (SSSR count). The van der Waals surface area contributed by atoms with E-state index in [-0.39, 0.29) is 12.4 Å². The molecule has 0 bridgehead atoms. The average Bonchev–Trinajstić information content (AvgIpc) is 2.36. The molecule has 18 heavy (non-hydrogen) atoms. The minimum atomic E-state index is -2.36. The van der Waals surface area contributed by atoms with Gasteiger partial charge in [0, 0.05) is 13.2 Å². The summed E-state index contributed by atoms with van der Waals surface area (Å²) in [5.74, 6) is -0.0356. The van der Waals surface area contributed by atoms with Gasteiger partial charge >= 0.3 is 8.56 Å². The third kappa shape index (κ3) is 5.91. The molecule has 0 aromatic rings. The fourth-order valence-corrected chi connectivity index (χ4v) is 4.86. The minimum Gasteiger partial charge on any atom is -0.396 e. The fraction of sp³-hybridized carbons (Fsp3) is 0.769. The standard InChI is InChI=1S/C13H26O4Si/c1-5-9-13(15)12(4)17-18(7-3,16-6-2)11-8-10-14/h5,9,12,14H,6-8,10-11H2,1-4H3. The Bertz CT molecular complexity index is 268. The van der Waals surface area contributed by atoms with E-state index in [1.54, 1.807) is 13.0 Å². The zero-order valence-corrected chi connectivity index (χ0v) is 12.9. The number of aliphatic hydroxyl groups is 1. The molecule has 0 radical (unpaired) electrons. The van der Waals surface area contributed by atoms with Gasteiger partial charge in [-0.25, -0.2) is 0 Å². The topological polar surface area (TPSA) is 55.8 Å². The lowest BCUT2D eigenvalue weighted by Gasteiger charge is -2.31. The van der Waals surface area contributed by atoms with Crippen molar-refractivity contribution >= 4 is 14.3 Å². The van der Waals surface area contributed by atoms with E-state index in [9.17, 15) is 4.79 Å². The molecule has 0 spiro atoms. The van der Waals surface area contributed by atoms with Crippen molar-refractivity contribution in [1.82, 2.24) is 0 Å². The molecule has 0 saturated heterocycles. The fourth-order valence-electron chi connectivity index (χ4n) is 1.82. The molecule has 2 unspecified atom stereocenters. The first-order chi connectivity index (χ1) is 8.55. The predicted molar refractivity (Wildman–Crippen MR) is 74.7 cm³/mol. The molecule has 0 aromatic carbocycles. The Morgan fingerprint density at radius 1 is 1.44 bits per heavy atom. The predicted octanol–water partition coefficient (Wildman–Crippen LogP) is 2.42. The van der Waals surface area contributed by atoms with Gasteiger partial charge in [0.2, 0.25) is 0 Å². The molecule has 5 heteroatoms. The number of hydrogen-bond acceptors (Lipinski definition) is 4. The second kappa shape index (κ2) is 9.44. The van der Waals surface area contributed by atoms with Gasteiger partial charge < -0.3 is 14.0 Å². The third-order valence-electron chi connectivity index (χ3n) is 2.79. The van der Waals surface area contributed by atoms with E-state index in [2.05, 4.69) is 0 Å². The first-order valence-electron chi connectivity index (χ1n) is 6.64. The molecule has 0 aliphatic heterocycles. The highest BCUT2D eigenvalue weighted by Crippen LogP contribution is 2.23. The first-order valence-corrected chi connectivity index (χ1v) is 8.87. The van der Waals surface area contributed by atoms with Gasteiger partial charge in [0.1, 0.15) is 6.10 Å². The van der Waals surface area contributed by atoms with Gasteiger partial charge in [-0.05, 0) is 45.4 Å². The van der Waals surface area contributed by atoms with Crippen LogP contribution in [-0.2, 0) is 13.6 Å². The minimum absolute atomic E-state index is 0.0356. The summed E-state index contributed by atoms with van der Waals surface area (Å²) in [6, 6.07) is 1.51. The van der Waals surface area contributed by atoms with E-state index < -0.39 is 14.7 Å². The Hall–Kier alpha value is -0.493. The number of carbonyl (C=O) groups is 1. The lowest BCUT2D eigenvalue weighted by molar-refractivity contribution is -0.121. The average molecular weight is 274 g/mol. The van der Waals surface area contributed by atoms with Crippen molar-refractivity contribution in [3.8, 4) is 0 Å². The van der Waals surface area contributed by atoms with Crippen LogP contribution in [0.4, 0.5) is 0 Å². The zero-order chi connectivity index (χ0) is 14.0. The second-order valence-electron chi connectivity index (χ2n) is 4.19. The number of hydrogen-bond donors (Lipinski definition) is 1. The summed E-state index contributed by atoms with van der Waals surface area (Å²) >= 11 is 0. The molecule has 0 heterocycles. The first kappa shape index (κ1) is 17.5. The molecule has 106 valence electrons. The maximum Gasteiger partial charge on any atom is 0.338 e. The van der Waals surface area contributed by atoms with Crippen LogP contribution < -0.4 is 0 Å². The molecule has 0 amide bonds. The summed E-state index contributed by atoms with van der Waals surface area (Å²) in [6.07, 6.45) is 3.42. The SMILES string of the molecule is CC=CC(=O)C(C)O[Si](CC)(CCCO)OCC. The molecular weight excluding hydrogens is 248 g/mol. The van der Waals surface area contributed by atoms with E-state index in [4.69, 9.17) is 14.0 Å². The van der Waals surface area contributed by atoms with Gasteiger partial charge in [0.05, 0.1) is 0 Å². The molecule has 0 aliphatic carbocycles. The lowest BCUT2D eigenvalue weighted by atomic mass is 10.2. The highest BCUT2D eigenvalue weighted by atomic mass is 28.4. The van der Waals surface area contributed by atoms with E-state index in [1.807, 2.05) is 20.8 Å². The molecule has 2 atom stereocenters. The Balaban J connectivity index is 4.69. The summed E-state index contributed by atoms with van der Waals surface area (Å²) in [4.78, 5) is 11.7. The number of allylic oxidation sites excluding steroid dienone is 1. The number of rotatable bonds is 10. The summed E-state index contributed by atoms with van der Waals surface area (Å²) in [5.41, 5.74) is 0. The van der Waals surface area contributed by atoms with Crippen LogP contribution in [0.5, 0.6) is 0 Å². The van der Waals surface area contributed by atoms with Gasteiger partial charge in [0.25, 0.3) is 0 Å². The Morgan fingerprint density at radius 3 is 2.56 bits per heavy atom. The maximum atomic E-state index is 11.7. The van der Waals surface area contributed by atoms with Crippen LogP contribution in [0.25, 0.3) is 0 Å². The number of ketones is 1. The van der Waals surface area contributed by atoms with Crippen molar-refractivity contribution in [2.24, 2.45) is 0 Å². The van der Waals surface area contributed by atoms with E-state index in [1.165, 1.54) is 6.08 Å². The normalized spacial score (nSPS) is 16.7. The zero-order valence-electron chi connectivity index (χ0n) is 11.9.